The molecule has 0 unspecified atom stereocenters. The number of nitrogens with zero attached hydrogens (tertiary/aromatic N) is 2. The summed E-state index contributed by atoms with van der Waals surface area (Å²) in [5.41, 5.74) is 0. The van der Waals surface area contributed by atoms with Gasteiger partial charge < -0.3 is 10.1 Å². The summed E-state index contributed by atoms with van der Waals surface area (Å²) in [4.78, 5) is 0. The van der Waals surface area contributed by atoms with Gasteiger partial charge in [0.25, 0.3) is 0 Å². The molecule has 0 spiro atoms. The van der Waals surface area contributed by atoms with Crippen molar-refractivity contribution in [3.8, 4) is 5.75 Å². The summed E-state index contributed by atoms with van der Waals surface area (Å²) in [5.74, 6) is 0.865. The highest BCUT2D eigenvalue weighted by atomic mass is 16.5. The molecule has 1 aromatic rings. The van der Waals surface area contributed by atoms with E-state index in [-0.39, 0.29) is 0 Å². The molecule has 4 heteroatoms. The Labute approximate surface area is 71.5 Å². The Bertz CT molecular complexity index is 255. The van der Waals surface area contributed by atoms with Crippen LogP contribution in [0.5, 0.6) is 5.75 Å². The van der Waals surface area contributed by atoms with Crippen LogP contribution < -0.4 is 10.1 Å². The molecule has 1 aromatic heterocycles. The summed E-state index contributed by atoms with van der Waals surface area (Å²) < 4.78 is 7.26. The van der Waals surface area contributed by atoms with Crippen molar-refractivity contribution in [2.75, 3.05) is 19.7 Å². The first-order valence-corrected chi connectivity index (χ1v) is 4.28. The molecule has 0 saturated carbocycles. The normalized spacial score (nSPS) is 17.4. The van der Waals surface area contributed by atoms with E-state index in [2.05, 4.69) is 10.4 Å². The third kappa shape index (κ3) is 1.30. The maximum Gasteiger partial charge on any atom is 0.157 e. The zero-order valence-electron chi connectivity index (χ0n) is 7.16. The van der Waals surface area contributed by atoms with E-state index in [1.807, 2.05) is 17.8 Å². The first-order valence-electron chi connectivity index (χ1n) is 4.28. The second-order valence-corrected chi connectivity index (χ2v) is 2.90. The molecule has 2 rings (SSSR count). The van der Waals surface area contributed by atoms with Gasteiger partial charge in [0.2, 0.25) is 0 Å². The highest BCUT2D eigenvalue weighted by molar-refractivity contribution is 5.12. The largest absolute Gasteiger partial charge is 0.491 e. The van der Waals surface area contributed by atoms with Crippen LogP contribution in [0.1, 0.15) is 13.0 Å². The highest BCUT2D eigenvalue weighted by Gasteiger charge is 2.19. The summed E-state index contributed by atoms with van der Waals surface area (Å²) in [5, 5.41) is 7.41. The van der Waals surface area contributed by atoms with Gasteiger partial charge >= 0.3 is 0 Å². The average Bonchev–Trinajstić information content (AvgIpc) is 2.34. The van der Waals surface area contributed by atoms with Crippen molar-refractivity contribution in [1.82, 2.24) is 15.1 Å². The number of hydrogen-bond donors (Lipinski definition) is 1. The van der Waals surface area contributed by atoms with Crippen LogP contribution in [0.3, 0.4) is 0 Å². The SMILES string of the molecule is CCOc1cnn(C2CNC2)c1. The lowest BCUT2D eigenvalue weighted by atomic mass is 10.2. The molecule has 66 valence electrons. The predicted molar refractivity (Wildman–Crippen MR) is 45.3 cm³/mol. The van der Waals surface area contributed by atoms with Crippen LogP contribution in [0.15, 0.2) is 12.4 Å². The van der Waals surface area contributed by atoms with Crippen LogP contribution in [-0.4, -0.2) is 29.5 Å². The predicted octanol–water partition coefficient (Wildman–Crippen LogP) is 0.426. The Balaban J connectivity index is 2.02. The standard InChI is InChI=1S/C8H13N3O/c1-2-12-8-5-10-11(6-8)7-3-9-4-7/h5-7,9H,2-4H2,1H3. The Morgan fingerprint density at radius 1 is 1.75 bits per heavy atom. The van der Waals surface area contributed by atoms with Crippen LogP contribution in [0.2, 0.25) is 0 Å². The molecule has 1 aliphatic heterocycles. The van der Waals surface area contributed by atoms with E-state index in [9.17, 15) is 0 Å². The van der Waals surface area contributed by atoms with Gasteiger partial charge in [-0.25, -0.2) is 0 Å². The van der Waals surface area contributed by atoms with Gasteiger partial charge in [-0.05, 0) is 6.92 Å². The van der Waals surface area contributed by atoms with Crippen molar-refractivity contribution < 1.29 is 4.74 Å². The maximum atomic E-state index is 5.30. The van der Waals surface area contributed by atoms with Gasteiger partial charge in [0.05, 0.1) is 25.0 Å². The lowest BCUT2D eigenvalue weighted by Gasteiger charge is -2.26. The van der Waals surface area contributed by atoms with E-state index in [1.165, 1.54) is 0 Å². The van der Waals surface area contributed by atoms with E-state index in [1.54, 1.807) is 6.20 Å². The van der Waals surface area contributed by atoms with Crippen molar-refractivity contribution in [3.63, 3.8) is 0 Å². The van der Waals surface area contributed by atoms with E-state index >= 15 is 0 Å². The molecule has 0 bridgehead atoms. The topological polar surface area (TPSA) is 39.1 Å². The summed E-state index contributed by atoms with van der Waals surface area (Å²) in [6.45, 7) is 4.72. The summed E-state index contributed by atoms with van der Waals surface area (Å²) in [6, 6.07) is 0.527. The van der Waals surface area contributed by atoms with Crippen molar-refractivity contribution in [2.45, 2.75) is 13.0 Å². The second kappa shape index (κ2) is 3.15. The molecule has 0 atom stereocenters. The van der Waals surface area contributed by atoms with Crippen molar-refractivity contribution in [2.24, 2.45) is 0 Å². The Morgan fingerprint density at radius 3 is 3.17 bits per heavy atom. The molecule has 0 aliphatic carbocycles. The smallest absolute Gasteiger partial charge is 0.157 e. The van der Waals surface area contributed by atoms with E-state index in [0.717, 1.165) is 18.8 Å². The van der Waals surface area contributed by atoms with E-state index < -0.39 is 0 Å². The number of rotatable bonds is 3. The molecule has 12 heavy (non-hydrogen) atoms. The zero-order valence-corrected chi connectivity index (χ0v) is 7.16. The number of nitrogens with one attached hydrogen (secondary N) is 1. The van der Waals surface area contributed by atoms with Gasteiger partial charge in [0.15, 0.2) is 5.75 Å². The number of aromatic nitrogens is 2. The van der Waals surface area contributed by atoms with Crippen molar-refractivity contribution >= 4 is 0 Å². The van der Waals surface area contributed by atoms with Crippen LogP contribution in [-0.2, 0) is 0 Å². The summed E-state index contributed by atoms with van der Waals surface area (Å²) >= 11 is 0. The minimum atomic E-state index is 0.527. The van der Waals surface area contributed by atoms with Crippen LogP contribution in [0.25, 0.3) is 0 Å². The molecule has 1 fully saturated rings. The molecule has 2 heterocycles. The minimum Gasteiger partial charge on any atom is -0.491 e. The van der Waals surface area contributed by atoms with E-state index in [0.29, 0.717) is 12.6 Å². The fraction of sp³-hybridized carbons (Fsp3) is 0.625. The van der Waals surface area contributed by atoms with Gasteiger partial charge in [-0.15, -0.1) is 0 Å². The third-order valence-corrected chi connectivity index (χ3v) is 2.02. The quantitative estimate of drug-likeness (QED) is 0.709. The Kier molecular flexibility index (Phi) is 1.99. The molecule has 1 N–H and O–H groups in total. The maximum absolute atomic E-state index is 5.30. The van der Waals surface area contributed by atoms with Gasteiger partial charge in [-0.3, -0.25) is 4.68 Å². The van der Waals surface area contributed by atoms with E-state index in [4.69, 9.17) is 4.74 Å². The van der Waals surface area contributed by atoms with Crippen molar-refractivity contribution in [1.29, 1.82) is 0 Å². The fourth-order valence-electron chi connectivity index (χ4n) is 1.22. The number of hydrogen-bond acceptors (Lipinski definition) is 3. The molecule has 1 saturated heterocycles. The highest BCUT2D eigenvalue weighted by Crippen LogP contribution is 2.15. The minimum absolute atomic E-state index is 0.527. The van der Waals surface area contributed by atoms with Crippen LogP contribution >= 0.6 is 0 Å². The molecule has 4 nitrogen and oxygen atoms in total. The fourth-order valence-corrected chi connectivity index (χ4v) is 1.22. The van der Waals surface area contributed by atoms with Gasteiger partial charge in [-0.1, -0.05) is 0 Å². The Morgan fingerprint density at radius 2 is 2.58 bits per heavy atom. The summed E-state index contributed by atoms with van der Waals surface area (Å²) in [6.07, 6.45) is 3.72. The average molecular weight is 167 g/mol. The van der Waals surface area contributed by atoms with Gasteiger partial charge in [0, 0.05) is 13.1 Å². The zero-order chi connectivity index (χ0) is 8.39. The summed E-state index contributed by atoms with van der Waals surface area (Å²) in [7, 11) is 0. The lowest BCUT2D eigenvalue weighted by molar-refractivity contribution is 0.312. The van der Waals surface area contributed by atoms with Gasteiger partial charge in [-0.2, -0.15) is 5.10 Å². The second-order valence-electron chi connectivity index (χ2n) is 2.90. The monoisotopic (exact) mass is 167 g/mol. The molecule has 0 radical (unpaired) electrons. The molecular formula is C8H13N3O. The third-order valence-electron chi connectivity index (χ3n) is 2.02. The molecule has 0 aromatic carbocycles. The molecule has 1 aliphatic rings. The first-order chi connectivity index (χ1) is 5.90. The first kappa shape index (κ1) is 7.61. The van der Waals surface area contributed by atoms with Gasteiger partial charge in [0.1, 0.15) is 0 Å². The van der Waals surface area contributed by atoms with Crippen LogP contribution in [0.4, 0.5) is 0 Å². The molecular weight excluding hydrogens is 154 g/mol. The Hall–Kier alpha value is -1.03. The number of ether oxygens (including phenoxy) is 1. The lowest BCUT2D eigenvalue weighted by Crippen LogP contribution is -2.43. The van der Waals surface area contributed by atoms with Crippen molar-refractivity contribution in [3.05, 3.63) is 12.4 Å². The molecule has 0 amide bonds. The van der Waals surface area contributed by atoms with Crippen LogP contribution in [0, 0.1) is 0 Å².